The molecule has 0 spiro atoms. The average molecular weight is 402 g/mol. The SMILES string of the molecule is Cc1ccc(S(=O)(=O)NCC(c2ccc3c(c2)CCCN3C)N(C)C)c(C)c1. The molecule has 1 aliphatic rings. The van der Waals surface area contributed by atoms with E-state index in [-0.39, 0.29) is 6.04 Å². The topological polar surface area (TPSA) is 52.7 Å². The number of hydrogen-bond acceptors (Lipinski definition) is 4. The van der Waals surface area contributed by atoms with Gasteiger partial charge in [-0.05, 0) is 69.6 Å². The van der Waals surface area contributed by atoms with Crippen LogP contribution in [0.25, 0.3) is 0 Å². The summed E-state index contributed by atoms with van der Waals surface area (Å²) >= 11 is 0. The molecule has 0 aliphatic carbocycles. The first kappa shape index (κ1) is 20.8. The van der Waals surface area contributed by atoms with Gasteiger partial charge in [0.25, 0.3) is 0 Å². The summed E-state index contributed by atoms with van der Waals surface area (Å²) in [6.45, 7) is 5.22. The fourth-order valence-corrected chi connectivity index (χ4v) is 5.24. The van der Waals surface area contributed by atoms with E-state index in [2.05, 4.69) is 39.8 Å². The van der Waals surface area contributed by atoms with E-state index >= 15 is 0 Å². The molecule has 0 saturated heterocycles. The molecule has 0 radical (unpaired) electrons. The summed E-state index contributed by atoms with van der Waals surface area (Å²) in [5.74, 6) is 0. The van der Waals surface area contributed by atoms with Crippen molar-refractivity contribution >= 4 is 15.7 Å². The minimum Gasteiger partial charge on any atom is -0.374 e. The van der Waals surface area contributed by atoms with Crippen molar-refractivity contribution in [3.63, 3.8) is 0 Å². The number of anilines is 1. The summed E-state index contributed by atoms with van der Waals surface area (Å²) in [5, 5.41) is 0. The molecular weight excluding hydrogens is 370 g/mol. The molecule has 6 heteroatoms. The van der Waals surface area contributed by atoms with Gasteiger partial charge in [-0.2, -0.15) is 0 Å². The highest BCUT2D eigenvalue weighted by Gasteiger charge is 2.23. The molecule has 3 rings (SSSR count). The summed E-state index contributed by atoms with van der Waals surface area (Å²) < 4.78 is 28.5. The summed E-state index contributed by atoms with van der Waals surface area (Å²) in [6.07, 6.45) is 2.22. The van der Waals surface area contributed by atoms with Crippen LogP contribution in [0.5, 0.6) is 0 Å². The molecule has 0 aromatic heterocycles. The number of rotatable bonds is 6. The maximum atomic E-state index is 12.9. The zero-order valence-electron chi connectivity index (χ0n) is 17.5. The van der Waals surface area contributed by atoms with E-state index in [1.165, 1.54) is 11.3 Å². The van der Waals surface area contributed by atoms with Crippen LogP contribution in [-0.4, -0.2) is 47.6 Å². The number of fused-ring (bicyclic) bond motifs is 1. The minimum atomic E-state index is -3.56. The second kappa shape index (κ2) is 8.23. The van der Waals surface area contributed by atoms with Crippen LogP contribution in [0, 0.1) is 13.8 Å². The van der Waals surface area contributed by atoms with Crippen LogP contribution in [0.3, 0.4) is 0 Å². The predicted octanol–water partition coefficient (Wildman–Crippen LogP) is 3.27. The van der Waals surface area contributed by atoms with E-state index in [1.54, 1.807) is 6.07 Å². The first-order chi connectivity index (χ1) is 13.2. The molecule has 1 N–H and O–H groups in total. The van der Waals surface area contributed by atoms with E-state index in [9.17, 15) is 8.42 Å². The standard InChI is InChI=1S/C22H31N3O2S/c1-16-8-11-22(17(2)13-16)28(26,27)23-15-21(24(3)4)19-9-10-20-18(14-19)7-6-12-25(20)5/h8-11,13-14,21,23H,6-7,12,15H2,1-5H3. The largest absolute Gasteiger partial charge is 0.374 e. The Labute approximate surface area is 169 Å². The number of nitrogens with zero attached hydrogens (tertiary/aromatic N) is 2. The fourth-order valence-electron chi connectivity index (χ4n) is 3.98. The zero-order valence-corrected chi connectivity index (χ0v) is 18.3. The van der Waals surface area contributed by atoms with Gasteiger partial charge in [0, 0.05) is 31.9 Å². The smallest absolute Gasteiger partial charge is 0.240 e. The van der Waals surface area contributed by atoms with E-state index in [0.29, 0.717) is 11.4 Å². The number of nitrogens with one attached hydrogen (secondary N) is 1. The van der Waals surface area contributed by atoms with Crippen molar-refractivity contribution in [2.45, 2.75) is 37.6 Å². The number of aryl methyl sites for hydroxylation is 3. The van der Waals surface area contributed by atoms with Crippen molar-refractivity contribution in [3.05, 3.63) is 58.7 Å². The second-order valence-electron chi connectivity index (χ2n) is 8.01. The number of sulfonamides is 1. The molecule has 0 saturated carbocycles. The third kappa shape index (κ3) is 4.40. The van der Waals surface area contributed by atoms with Crippen molar-refractivity contribution in [1.82, 2.24) is 9.62 Å². The van der Waals surface area contributed by atoms with Crippen molar-refractivity contribution in [3.8, 4) is 0 Å². The van der Waals surface area contributed by atoms with Crippen LogP contribution in [0.15, 0.2) is 41.3 Å². The van der Waals surface area contributed by atoms with E-state index in [4.69, 9.17) is 0 Å². The second-order valence-corrected chi connectivity index (χ2v) is 9.75. The molecule has 2 aromatic carbocycles. The van der Waals surface area contributed by atoms with Crippen LogP contribution in [-0.2, 0) is 16.4 Å². The fraction of sp³-hybridized carbons (Fsp3) is 0.455. The van der Waals surface area contributed by atoms with Crippen LogP contribution < -0.4 is 9.62 Å². The van der Waals surface area contributed by atoms with Gasteiger partial charge in [-0.1, -0.05) is 29.8 Å². The molecule has 0 amide bonds. The van der Waals surface area contributed by atoms with Crippen molar-refractivity contribution in [2.75, 3.05) is 39.1 Å². The van der Waals surface area contributed by atoms with Crippen LogP contribution in [0.4, 0.5) is 5.69 Å². The van der Waals surface area contributed by atoms with Crippen LogP contribution in [0.1, 0.15) is 34.7 Å². The zero-order chi connectivity index (χ0) is 20.5. The molecular formula is C22H31N3O2S. The Morgan fingerprint density at radius 3 is 2.57 bits per heavy atom. The molecule has 0 fully saturated rings. The van der Waals surface area contributed by atoms with Gasteiger partial charge in [0.15, 0.2) is 0 Å². The summed E-state index contributed by atoms with van der Waals surface area (Å²) in [6, 6.07) is 11.9. The van der Waals surface area contributed by atoms with Crippen LogP contribution >= 0.6 is 0 Å². The Morgan fingerprint density at radius 2 is 1.89 bits per heavy atom. The Kier molecular flexibility index (Phi) is 6.12. The molecule has 1 unspecified atom stereocenters. The third-order valence-electron chi connectivity index (χ3n) is 5.55. The first-order valence-corrected chi connectivity index (χ1v) is 11.2. The summed E-state index contributed by atoms with van der Waals surface area (Å²) in [4.78, 5) is 4.71. The first-order valence-electron chi connectivity index (χ1n) is 9.76. The monoisotopic (exact) mass is 401 g/mol. The summed E-state index contributed by atoms with van der Waals surface area (Å²) in [7, 11) is 2.54. The highest BCUT2D eigenvalue weighted by atomic mass is 32.2. The number of hydrogen-bond donors (Lipinski definition) is 1. The van der Waals surface area contributed by atoms with Gasteiger partial charge in [-0.25, -0.2) is 13.1 Å². The predicted molar refractivity (Wildman–Crippen MR) is 116 cm³/mol. The maximum Gasteiger partial charge on any atom is 0.240 e. The van der Waals surface area contributed by atoms with Crippen LogP contribution in [0.2, 0.25) is 0 Å². The Balaban J connectivity index is 1.82. The van der Waals surface area contributed by atoms with Gasteiger partial charge in [-0.15, -0.1) is 0 Å². The lowest BCUT2D eigenvalue weighted by Crippen LogP contribution is -2.35. The van der Waals surface area contributed by atoms with Crippen molar-refractivity contribution in [1.29, 1.82) is 0 Å². The molecule has 1 aliphatic heterocycles. The lowest BCUT2D eigenvalue weighted by Gasteiger charge is -2.30. The maximum absolute atomic E-state index is 12.9. The molecule has 5 nitrogen and oxygen atoms in total. The molecule has 28 heavy (non-hydrogen) atoms. The lowest BCUT2D eigenvalue weighted by molar-refractivity contribution is 0.299. The van der Waals surface area contributed by atoms with Gasteiger partial charge >= 0.3 is 0 Å². The highest BCUT2D eigenvalue weighted by Crippen LogP contribution is 2.30. The van der Waals surface area contributed by atoms with Gasteiger partial charge in [-0.3, -0.25) is 0 Å². The lowest BCUT2D eigenvalue weighted by atomic mass is 9.96. The average Bonchev–Trinajstić information content (AvgIpc) is 2.61. The highest BCUT2D eigenvalue weighted by molar-refractivity contribution is 7.89. The third-order valence-corrected chi connectivity index (χ3v) is 7.13. The van der Waals surface area contributed by atoms with Gasteiger partial charge in [0.05, 0.1) is 4.90 Å². The summed E-state index contributed by atoms with van der Waals surface area (Å²) in [5.41, 5.74) is 5.59. The van der Waals surface area contributed by atoms with Gasteiger partial charge in [0.2, 0.25) is 10.0 Å². The molecule has 1 atom stereocenters. The molecule has 1 heterocycles. The quantitative estimate of drug-likeness (QED) is 0.807. The Hall–Kier alpha value is -1.89. The molecule has 0 bridgehead atoms. The van der Waals surface area contributed by atoms with Gasteiger partial charge < -0.3 is 9.80 Å². The Morgan fingerprint density at radius 1 is 1.14 bits per heavy atom. The normalized spacial score (nSPS) is 15.6. The van der Waals surface area contributed by atoms with E-state index < -0.39 is 10.0 Å². The van der Waals surface area contributed by atoms with Gasteiger partial charge in [0.1, 0.15) is 0 Å². The van der Waals surface area contributed by atoms with E-state index in [0.717, 1.165) is 36.1 Å². The van der Waals surface area contributed by atoms with Crippen molar-refractivity contribution in [2.24, 2.45) is 0 Å². The molecule has 2 aromatic rings. The minimum absolute atomic E-state index is 0.0296. The number of likely N-dealkylation sites (N-methyl/N-ethyl adjacent to an activating group) is 1. The number of benzene rings is 2. The van der Waals surface area contributed by atoms with Crippen molar-refractivity contribution < 1.29 is 8.42 Å². The molecule has 152 valence electrons. The van der Waals surface area contributed by atoms with E-state index in [1.807, 2.05) is 40.1 Å². The Bertz CT molecular complexity index is 954.